The van der Waals surface area contributed by atoms with Gasteiger partial charge in [-0.3, -0.25) is 14.5 Å². The molecule has 1 aliphatic heterocycles. The maximum Gasteiger partial charge on any atom is 0.350 e. The van der Waals surface area contributed by atoms with Gasteiger partial charge in [-0.15, -0.1) is 0 Å². The van der Waals surface area contributed by atoms with Crippen molar-refractivity contribution in [3.8, 4) is 11.5 Å². The molecule has 0 N–H and O–H groups in total. The van der Waals surface area contributed by atoms with Gasteiger partial charge in [0.15, 0.2) is 22.1 Å². The molecule has 1 aliphatic rings. The van der Waals surface area contributed by atoms with Gasteiger partial charge in [-0.25, -0.2) is 9.78 Å². The Morgan fingerprint density at radius 3 is 2.50 bits per heavy atom. The Balaban J connectivity index is 1.77. The maximum absolute atomic E-state index is 14.0. The second-order valence-corrected chi connectivity index (χ2v) is 10.6. The number of hydrogen-bond donors (Lipinski definition) is 0. The van der Waals surface area contributed by atoms with E-state index in [-0.39, 0.29) is 26.8 Å². The summed E-state index contributed by atoms with van der Waals surface area (Å²) in [5, 5.41) is 0.638. The van der Waals surface area contributed by atoms with Crippen molar-refractivity contribution in [1.29, 1.82) is 0 Å². The van der Waals surface area contributed by atoms with Crippen LogP contribution < -0.4 is 19.8 Å². The fraction of sp³-hybridized carbons (Fsp3) is 0.333. The Labute approximate surface area is 235 Å². The standard InChI is InChI=1S/C30H30N2O7S/c1-7-11-38-20-10-9-18(14-22(20)37-8-2)24-23-25(33)19-12-15(3)16(4)13-21(19)39-26(23)28(34)32(24)30-31-17(5)27(40-30)29(35)36-6/h9-10,12-14,24H,7-8,11H2,1-6H3. The summed E-state index contributed by atoms with van der Waals surface area (Å²) >= 11 is 1.03. The topological polar surface area (TPSA) is 108 Å². The number of esters is 1. The van der Waals surface area contributed by atoms with Gasteiger partial charge in [-0.05, 0) is 75.1 Å². The fourth-order valence-corrected chi connectivity index (χ4v) is 5.81. The Hall–Kier alpha value is -4.18. The summed E-state index contributed by atoms with van der Waals surface area (Å²) in [6.07, 6.45) is 0.824. The molecule has 40 heavy (non-hydrogen) atoms. The van der Waals surface area contributed by atoms with Crippen molar-refractivity contribution in [2.75, 3.05) is 25.2 Å². The highest BCUT2D eigenvalue weighted by molar-refractivity contribution is 7.17. The largest absolute Gasteiger partial charge is 0.490 e. The van der Waals surface area contributed by atoms with E-state index in [1.54, 1.807) is 37.3 Å². The van der Waals surface area contributed by atoms with E-state index in [4.69, 9.17) is 18.6 Å². The number of nitrogens with zero attached hydrogens (tertiary/aromatic N) is 2. The monoisotopic (exact) mass is 562 g/mol. The number of carbonyl (C=O) groups is 2. The summed E-state index contributed by atoms with van der Waals surface area (Å²) in [4.78, 5) is 46.6. The highest BCUT2D eigenvalue weighted by Crippen LogP contribution is 2.45. The number of benzene rings is 2. The fourth-order valence-electron chi connectivity index (χ4n) is 4.80. The molecule has 1 unspecified atom stereocenters. The number of methoxy groups -OCH3 is 1. The lowest BCUT2D eigenvalue weighted by molar-refractivity contribution is 0.0605. The maximum atomic E-state index is 14.0. The van der Waals surface area contributed by atoms with Crippen molar-refractivity contribution in [3.05, 3.63) is 79.1 Å². The van der Waals surface area contributed by atoms with Crippen molar-refractivity contribution in [2.45, 2.75) is 47.1 Å². The van der Waals surface area contributed by atoms with E-state index in [1.807, 2.05) is 27.7 Å². The predicted molar refractivity (Wildman–Crippen MR) is 152 cm³/mol. The van der Waals surface area contributed by atoms with E-state index in [9.17, 15) is 14.4 Å². The summed E-state index contributed by atoms with van der Waals surface area (Å²) < 4.78 is 22.8. The van der Waals surface area contributed by atoms with Gasteiger partial charge in [0.25, 0.3) is 5.91 Å². The molecule has 1 atom stereocenters. The van der Waals surface area contributed by atoms with Crippen LogP contribution in [0.3, 0.4) is 0 Å². The van der Waals surface area contributed by atoms with Crippen molar-refractivity contribution in [1.82, 2.24) is 4.98 Å². The van der Waals surface area contributed by atoms with Crippen LogP contribution >= 0.6 is 11.3 Å². The molecule has 2 aromatic heterocycles. The van der Waals surface area contributed by atoms with Gasteiger partial charge >= 0.3 is 5.97 Å². The number of rotatable bonds is 8. The Morgan fingerprint density at radius 2 is 1.80 bits per heavy atom. The van der Waals surface area contributed by atoms with Gasteiger partial charge < -0.3 is 18.6 Å². The highest BCUT2D eigenvalue weighted by Gasteiger charge is 2.45. The molecule has 10 heteroatoms. The average molecular weight is 563 g/mol. The molecule has 0 saturated carbocycles. The van der Waals surface area contributed by atoms with Gasteiger partial charge in [-0.2, -0.15) is 0 Å². The number of aromatic nitrogens is 1. The average Bonchev–Trinajstić information content (AvgIpc) is 3.46. The summed E-state index contributed by atoms with van der Waals surface area (Å²) in [6.45, 7) is 10.3. The first-order valence-corrected chi connectivity index (χ1v) is 13.9. The van der Waals surface area contributed by atoms with Crippen LogP contribution in [-0.2, 0) is 4.74 Å². The van der Waals surface area contributed by atoms with Gasteiger partial charge in [0.2, 0.25) is 5.76 Å². The number of ether oxygens (including phenoxy) is 3. The first-order valence-electron chi connectivity index (χ1n) is 13.1. The van der Waals surface area contributed by atoms with Crippen LogP contribution in [0, 0.1) is 20.8 Å². The first-order chi connectivity index (χ1) is 19.2. The molecule has 0 saturated heterocycles. The molecule has 208 valence electrons. The molecular weight excluding hydrogens is 532 g/mol. The molecule has 5 rings (SSSR count). The van der Waals surface area contributed by atoms with Crippen LogP contribution in [0.5, 0.6) is 11.5 Å². The molecule has 0 aliphatic carbocycles. The second-order valence-electron chi connectivity index (χ2n) is 9.57. The molecule has 0 spiro atoms. The van der Waals surface area contributed by atoms with Crippen LogP contribution in [0.25, 0.3) is 11.0 Å². The van der Waals surface area contributed by atoms with Crippen LogP contribution in [-0.4, -0.2) is 37.2 Å². The minimum Gasteiger partial charge on any atom is -0.490 e. The lowest BCUT2D eigenvalue weighted by atomic mass is 9.97. The smallest absolute Gasteiger partial charge is 0.350 e. The summed E-state index contributed by atoms with van der Waals surface area (Å²) in [5.74, 6) is -0.0622. The number of thiazole rings is 1. The van der Waals surface area contributed by atoms with Crippen molar-refractivity contribution >= 4 is 39.3 Å². The lowest BCUT2D eigenvalue weighted by Gasteiger charge is -2.23. The summed E-state index contributed by atoms with van der Waals surface area (Å²) in [6, 6.07) is 8.05. The molecule has 0 bridgehead atoms. The lowest BCUT2D eigenvalue weighted by Crippen LogP contribution is -2.29. The van der Waals surface area contributed by atoms with Crippen molar-refractivity contribution in [2.24, 2.45) is 0 Å². The van der Waals surface area contributed by atoms with E-state index in [2.05, 4.69) is 4.98 Å². The number of anilines is 1. The van der Waals surface area contributed by atoms with Gasteiger partial charge in [-0.1, -0.05) is 24.3 Å². The van der Waals surface area contributed by atoms with Crippen molar-refractivity contribution in [3.63, 3.8) is 0 Å². The zero-order chi connectivity index (χ0) is 28.7. The molecule has 4 aromatic rings. The third kappa shape index (κ3) is 4.52. The normalized spacial score (nSPS) is 14.5. The van der Waals surface area contributed by atoms with E-state index in [0.717, 1.165) is 28.9 Å². The molecular formula is C30H30N2O7S. The molecule has 3 heterocycles. The second kappa shape index (κ2) is 10.8. The summed E-state index contributed by atoms with van der Waals surface area (Å²) in [7, 11) is 1.29. The molecule has 2 aromatic carbocycles. The molecule has 1 amide bonds. The molecule has 0 fully saturated rings. The Morgan fingerprint density at radius 1 is 1.05 bits per heavy atom. The van der Waals surface area contributed by atoms with Crippen LogP contribution in [0.4, 0.5) is 5.13 Å². The quantitative estimate of drug-likeness (QED) is 0.244. The Kier molecular flexibility index (Phi) is 7.37. The van der Waals surface area contributed by atoms with Crippen LogP contribution in [0.2, 0.25) is 0 Å². The predicted octanol–water partition coefficient (Wildman–Crippen LogP) is 5.90. The van der Waals surface area contributed by atoms with E-state index < -0.39 is 17.9 Å². The number of aryl methyl sites for hydroxylation is 3. The van der Waals surface area contributed by atoms with Gasteiger partial charge in [0.05, 0.1) is 43.0 Å². The number of amides is 1. The third-order valence-corrected chi connectivity index (χ3v) is 8.03. The first kappa shape index (κ1) is 27.4. The third-order valence-electron chi connectivity index (χ3n) is 6.89. The highest BCUT2D eigenvalue weighted by atomic mass is 32.1. The zero-order valence-corrected chi connectivity index (χ0v) is 24.1. The molecule has 0 radical (unpaired) electrons. The van der Waals surface area contributed by atoms with E-state index >= 15 is 0 Å². The zero-order valence-electron chi connectivity index (χ0n) is 23.2. The van der Waals surface area contributed by atoms with Gasteiger partial charge in [0, 0.05) is 0 Å². The summed E-state index contributed by atoms with van der Waals surface area (Å²) in [5.41, 5.74) is 3.16. The van der Waals surface area contributed by atoms with Gasteiger partial charge in [0.1, 0.15) is 10.5 Å². The number of hydrogen-bond acceptors (Lipinski definition) is 9. The Bertz CT molecular complexity index is 1700. The van der Waals surface area contributed by atoms with E-state index in [1.165, 1.54) is 12.0 Å². The van der Waals surface area contributed by atoms with E-state index in [0.29, 0.717) is 46.9 Å². The van der Waals surface area contributed by atoms with Crippen molar-refractivity contribution < 1.29 is 28.2 Å². The number of carbonyl (C=O) groups excluding carboxylic acids is 2. The number of fused-ring (bicyclic) bond motifs is 2. The van der Waals surface area contributed by atoms with Crippen LogP contribution in [0.15, 0.2) is 39.5 Å². The minimum atomic E-state index is -0.875. The SMILES string of the molecule is CCCOc1ccc(C2c3c(oc4cc(C)c(C)cc4c3=O)C(=O)N2c2nc(C)c(C(=O)OC)s2)cc1OCC. The van der Waals surface area contributed by atoms with Crippen LogP contribution in [0.1, 0.15) is 74.5 Å². The minimum absolute atomic E-state index is 0.0532. The molecule has 9 nitrogen and oxygen atoms in total.